The molecule has 0 heterocycles. The van der Waals surface area contributed by atoms with Gasteiger partial charge in [0.15, 0.2) is 11.5 Å². The van der Waals surface area contributed by atoms with E-state index >= 15 is 0 Å². The lowest BCUT2D eigenvalue weighted by Gasteiger charge is -2.07. The van der Waals surface area contributed by atoms with E-state index in [-0.39, 0.29) is 11.3 Å². The molecule has 0 bridgehead atoms. The first-order valence-electron chi connectivity index (χ1n) is 6.99. The van der Waals surface area contributed by atoms with Crippen LogP contribution in [0.3, 0.4) is 0 Å². The van der Waals surface area contributed by atoms with Crippen LogP contribution in [0.15, 0.2) is 48.5 Å². The van der Waals surface area contributed by atoms with Crippen molar-refractivity contribution in [3.63, 3.8) is 0 Å². The fourth-order valence-electron chi connectivity index (χ4n) is 2.00. The van der Waals surface area contributed by atoms with Crippen molar-refractivity contribution in [3.05, 3.63) is 59.7 Å². The Morgan fingerprint density at radius 1 is 0.958 bits per heavy atom. The minimum atomic E-state index is -1.16. The van der Waals surface area contributed by atoms with Gasteiger partial charge in [-0.3, -0.25) is 0 Å². The molecule has 2 aromatic rings. The number of esters is 1. The highest BCUT2D eigenvalue weighted by atomic mass is 16.5. The number of rotatable bonds is 6. The number of para-hydroxylation sites is 1. The monoisotopic (exact) mass is 328 g/mol. The Kier molecular flexibility index (Phi) is 5.57. The summed E-state index contributed by atoms with van der Waals surface area (Å²) in [6.07, 6.45) is 2.74. The Bertz CT molecular complexity index is 779. The van der Waals surface area contributed by atoms with Gasteiger partial charge in [-0.05, 0) is 35.9 Å². The maximum absolute atomic E-state index is 11.9. The summed E-state index contributed by atoms with van der Waals surface area (Å²) in [4.78, 5) is 23.0. The molecule has 6 heteroatoms. The molecule has 0 aliphatic heterocycles. The van der Waals surface area contributed by atoms with Gasteiger partial charge in [-0.1, -0.05) is 18.2 Å². The van der Waals surface area contributed by atoms with Gasteiger partial charge < -0.3 is 19.3 Å². The average molecular weight is 328 g/mol. The van der Waals surface area contributed by atoms with Crippen molar-refractivity contribution in [2.75, 3.05) is 14.2 Å². The van der Waals surface area contributed by atoms with E-state index in [0.29, 0.717) is 17.1 Å². The fraction of sp³-hybridized carbons (Fsp3) is 0.111. The summed E-state index contributed by atoms with van der Waals surface area (Å²) in [6.45, 7) is 0. The van der Waals surface area contributed by atoms with E-state index in [9.17, 15) is 9.59 Å². The third-order valence-electron chi connectivity index (χ3n) is 3.15. The third kappa shape index (κ3) is 4.13. The predicted molar refractivity (Wildman–Crippen MR) is 87.6 cm³/mol. The highest BCUT2D eigenvalue weighted by Gasteiger charge is 2.12. The van der Waals surface area contributed by atoms with Gasteiger partial charge in [0.05, 0.1) is 14.2 Å². The molecule has 24 heavy (non-hydrogen) atoms. The molecule has 0 amide bonds. The van der Waals surface area contributed by atoms with E-state index in [1.807, 2.05) is 0 Å². The highest BCUT2D eigenvalue weighted by Crippen LogP contribution is 2.28. The van der Waals surface area contributed by atoms with Crippen LogP contribution in [0.1, 0.15) is 15.9 Å². The lowest BCUT2D eigenvalue weighted by molar-refractivity contribution is -0.128. The van der Waals surface area contributed by atoms with E-state index < -0.39 is 11.9 Å². The molecule has 2 aromatic carbocycles. The summed E-state index contributed by atoms with van der Waals surface area (Å²) in [6, 6.07) is 11.1. The summed E-state index contributed by atoms with van der Waals surface area (Å²) in [5, 5.41) is 9.06. The molecule has 6 nitrogen and oxygen atoms in total. The van der Waals surface area contributed by atoms with Crippen molar-refractivity contribution in [3.8, 4) is 17.2 Å². The second kappa shape index (κ2) is 7.82. The molecule has 0 radical (unpaired) electrons. The van der Waals surface area contributed by atoms with Gasteiger partial charge >= 0.3 is 11.9 Å². The zero-order valence-corrected chi connectivity index (χ0v) is 13.2. The molecule has 0 aliphatic rings. The number of hydrogen-bond acceptors (Lipinski definition) is 5. The molecule has 0 spiro atoms. The van der Waals surface area contributed by atoms with Crippen LogP contribution in [0, 0.1) is 0 Å². The number of ether oxygens (including phenoxy) is 3. The molecule has 0 aliphatic carbocycles. The summed E-state index contributed by atoms with van der Waals surface area (Å²) in [5.41, 5.74) is 0.626. The minimum absolute atomic E-state index is 0.00744. The van der Waals surface area contributed by atoms with Crippen LogP contribution < -0.4 is 14.2 Å². The van der Waals surface area contributed by atoms with Crippen molar-refractivity contribution in [1.29, 1.82) is 0 Å². The Balaban J connectivity index is 2.13. The molecule has 2 rings (SSSR count). The number of hydrogen-bond donors (Lipinski definition) is 1. The number of carboxylic acids is 1. The van der Waals surface area contributed by atoms with Crippen molar-refractivity contribution < 1.29 is 28.9 Å². The molecule has 0 atom stereocenters. The van der Waals surface area contributed by atoms with Gasteiger partial charge in [-0.25, -0.2) is 9.59 Å². The van der Waals surface area contributed by atoms with Gasteiger partial charge in [0.1, 0.15) is 11.3 Å². The lowest BCUT2D eigenvalue weighted by atomic mass is 10.2. The first-order valence-corrected chi connectivity index (χ1v) is 6.99. The predicted octanol–water partition coefficient (Wildman–Crippen LogP) is 3.02. The Morgan fingerprint density at radius 3 is 2.33 bits per heavy atom. The topological polar surface area (TPSA) is 82.1 Å². The van der Waals surface area contributed by atoms with E-state index in [1.165, 1.54) is 38.5 Å². The van der Waals surface area contributed by atoms with Gasteiger partial charge in [-0.2, -0.15) is 0 Å². The summed E-state index contributed by atoms with van der Waals surface area (Å²) in [7, 11) is 3.05. The molecule has 0 saturated heterocycles. The average Bonchev–Trinajstić information content (AvgIpc) is 2.59. The summed E-state index contributed by atoms with van der Waals surface area (Å²) in [5.74, 6) is -0.746. The van der Waals surface area contributed by atoms with E-state index in [2.05, 4.69) is 0 Å². The number of benzene rings is 2. The van der Waals surface area contributed by atoms with Crippen molar-refractivity contribution >= 4 is 18.0 Å². The SMILES string of the molecule is COc1ccc(/C=C/C(=O)Oc2ccccc2C(=O)O)cc1OC. The highest BCUT2D eigenvalue weighted by molar-refractivity contribution is 5.94. The Morgan fingerprint density at radius 2 is 1.67 bits per heavy atom. The summed E-state index contributed by atoms with van der Waals surface area (Å²) >= 11 is 0. The van der Waals surface area contributed by atoms with E-state index in [0.717, 1.165) is 0 Å². The maximum Gasteiger partial charge on any atom is 0.339 e. The first kappa shape index (κ1) is 17.1. The largest absolute Gasteiger partial charge is 0.493 e. The zero-order chi connectivity index (χ0) is 17.5. The number of aromatic carboxylic acids is 1. The van der Waals surface area contributed by atoms with Gasteiger partial charge in [0.2, 0.25) is 0 Å². The number of methoxy groups -OCH3 is 2. The van der Waals surface area contributed by atoms with Crippen molar-refractivity contribution in [2.45, 2.75) is 0 Å². The zero-order valence-electron chi connectivity index (χ0n) is 13.2. The number of carbonyl (C=O) groups excluding carboxylic acids is 1. The van der Waals surface area contributed by atoms with Crippen LogP contribution in [0.25, 0.3) is 6.08 Å². The van der Waals surface area contributed by atoms with Crippen LogP contribution in [0.2, 0.25) is 0 Å². The first-order chi connectivity index (χ1) is 11.5. The quantitative estimate of drug-likeness (QED) is 0.499. The van der Waals surface area contributed by atoms with Gasteiger partial charge in [0.25, 0.3) is 0 Å². The number of carbonyl (C=O) groups is 2. The molecular formula is C18H16O6. The normalized spacial score (nSPS) is 10.4. The smallest absolute Gasteiger partial charge is 0.339 e. The van der Waals surface area contributed by atoms with Crippen LogP contribution in [-0.2, 0) is 4.79 Å². The number of carboxylic acid groups (broad SMARTS) is 1. The molecule has 0 fully saturated rings. The minimum Gasteiger partial charge on any atom is -0.493 e. The van der Waals surface area contributed by atoms with E-state index in [4.69, 9.17) is 19.3 Å². The Labute approximate surface area is 138 Å². The second-order valence-corrected chi connectivity index (χ2v) is 4.67. The lowest BCUT2D eigenvalue weighted by Crippen LogP contribution is -2.08. The second-order valence-electron chi connectivity index (χ2n) is 4.67. The Hall–Kier alpha value is -3.28. The van der Waals surface area contributed by atoms with E-state index in [1.54, 1.807) is 30.3 Å². The van der Waals surface area contributed by atoms with Crippen molar-refractivity contribution in [2.24, 2.45) is 0 Å². The maximum atomic E-state index is 11.9. The molecular weight excluding hydrogens is 312 g/mol. The standard InChI is InChI=1S/C18H16O6/c1-22-15-9-7-12(11-16(15)23-2)8-10-17(19)24-14-6-4-3-5-13(14)18(20)21/h3-11H,1-2H3,(H,20,21)/b10-8+. The fourth-order valence-corrected chi connectivity index (χ4v) is 2.00. The third-order valence-corrected chi connectivity index (χ3v) is 3.15. The molecule has 0 aromatic heterocycles. The molecule has 0 unspecified atom stereocenters. The van der Waals surface area contributed by atoms with Gasteiger partial charge in [-0.15, -0.1) is 0 Å². The molecule has 1 N–H and O–H groups in total. The summed E-state index contributed by atoms with van der Waals surface area (Å²) < 4.78 is 15.4. The van der Waals surface area contributed by atoms with Crippen LogP contribution in [0.4, 0.5) is 0 Å². The van der Waals surface area contributed by atoms with Gasteiger partial charge in [0, 0.05) is 6.08 Å². The van der Waals surface area contributed by atoms with Crippen LogP contribution >= 0.6 is 0 Å². The molecule has 0 saturated carbocycles. The molecule has 124 valence electrons. The van der Waals surface area contributed by atoms with Crippen LogP contribution in [0.5, 0.6) is 17.2 Å². The van der Waals surface area contributed by atoms with Crippen molar-refractivity contribution in [1.82, 2.24) is 0 Å². The van der Waals surface area contributed by atoms with Crippen LogP contribution in [-0.4, -0.2) is 31.3 Å².